The molecule has 0 aromatic heterocycles. The van der Waals surface area contributed by atoms with Crippen molar-refractivity contribution < 1.29 is 0 Å². The normalized spacial score (nSPS) is 16.4. The zero-order chi connectivity index (χ0) is 8.81. The molecule has 1 saturated carbocycles. The molecule has 1 rings (SSSR count). The number of hydrogen-bond donors (Lipinski definition) is 0. The van der Waals surface area contributed by atoms with Crippen molar-refractivity contribution in [2.75, 3.05) is 19.6 Å². The van der Waals surface area contributed by atoms with Gasteiger partial charge in [0.25, 0.3) is 0 Å². The molecule has 12 heavy (non-hydrogen) atoms. The van der Waals surface area contributed by atoms with Gasteiger partial charge in [-0.1, -0.05) is 19.8 Å². The maximum absolute atomic E-state index is 8.55. The highest BCUT2D eigenvalue weighted by atomic mass is 15.1. The maximum atomic E-state index is 8.55. The molecule has 0 radical (unpaired) electrons. The van der Waals surface area contributed by atoms with E-state index < -0.39 is 0 Å². The van der Waals surface area contributed by atoms with Crippen LogP contribution in [0, 0.1) is 17.2 Å². The molecule has 68 valence electrons. The van der Waals surface area contributed by atoms with Gasteiger partial charge in [0.15, 0.2) is 0 Å². The first-order valence-electron chi connectivity index (χ1n) is 4.96. The van der Waals surface area contributed by atoms with Crippen LogP contribution in [-0.4, -0.2) is 24.5 Å². The van der Waals surface area contributed by atoms with Gasteiger partial charge in [-0.15, -0.1) is 0 Å². The number of nitrogens with zero attached hydrogens (tertiary/aromatic N) is 2. The summed E-state index contributed by atoms with van der Waals surface area (Å²) in [5.41, 5.74) is 0. The van der Waals surface area contributed by atoms with E-state index in [9.17, 15) is 0 Å². The zero-order valence-electron chi connectivity index (χ0n) is 7.92. The molecule has 0 aromatic rings. The molecule has 0 saturated heterocycles. The van der Waals surface area contributed by atoms with E-state index in [4.69, 9.17) is 5.26 Å². The van der Waals surface area contributed by atoms with Crippen molar-refractivity contribution in [3.05, 3.63) is 0 Å². The van der Waals surface area contributed by atoms with E-state index in [1.54, 1.807) is 0 Å². The molecule has 0 unspecified atom stereocenters. The second-order valence-electron chi connectivity index (χ2n) is 3.67. The lowest BCUT2D eigenvalue weighted by molar-refractivity contribution is 0.296. The summed E-state index contributed by atoms with van der Waals surface area (Å²) in [5, 5.41) is 8.55. The first-order valence-corrected chi connectivity index (χ1v) is 4.96. The van der Waals surface area contributed by atoms with E-state index in [-0.39, 0.29) is 0 Å². The summed E-state index contributed by atoms with van der Waals surface area (Å²) in [4.78, 5) is 2.26. The quantitative estimate of drug-likeness (QED) is 0.564. The van der Waals surface area contributed by atoms with Crippen LogP contribution in [0.5, 0.6) is 0 Å². The number of hydrogen-bond acceptors (Lipinski definition) is 2. The zero-order valence-corrected chi connectivity index (χ0v) is 7.92. The molecule has 0 aromatic carbocycles. The third-order valence-electron chi connectivity index (χ3n) is 2.38. The summed E-state index contributed by atoms with van der Waals surface area (Å²) in [6.07, 6.45) is 5.31. The summed E-state index contributed by atoms with van der Waals surface area (Å²) in [6, 6.07) is 2.22. The van der Waals surface area contributed by atoms with Gasteiger partial charge in [0.2, 0.25) is 0 Å². The molecule has 0 aliphatic heterocycles. The molecule has 1 fully saturated rings. The highest BCUT2D eigenvalue weighted by Crippen LogP contribution is 2.32. The average molecular weight is 166 g/mol. The largest absolute Gasteiger partial charge is 0.291 e. The van der Waals surface area contributed by atoms with Gasteiger partial charge in [-0.25, -0.2) is 0 Å². The molecule has 1 aliphatic rings. The van der Waals surface area contributed by atoms with Gasteiger partial charge in [0, 0.05) is 0 Å². The van der Waals surface area contributed by atoms with E-state index in [0.29, 0.717) is 6.54 Å². The Morgan fingerprint density at radius 2 is 2.17 bits per heavy atom. The van der Waals surface area contributed by atoms with Crippen molar-refractivity contribution in [3.63, 3.8) is 0 Å². The Labute approximate surface area is 75.2 Å². The first kappa shape index (κ1) is 9.54. The van der Waals surface area contributed by atoms with Crippen molar-refractivity contribution >= 4 is 0 Å². The van der Waals surface area contributed by atoms with E-state index in [2.05, 4.69) is 17.9 Å². The fourth-order valence-corrected chi connectivity index (χ4v) is 1.46. The van der Waals surface area contributed by atoms with Gasteiger partial charge in [-0.3, -0.25) is 4.90 Å². The molecule has 0 amide bonds. The summed E-state index contributed by atoms with van der Waals surface area (Å²) in [7, 11) is 0. The summed E-state index contributed by atoms with van der Waals surface area (Å²) in [5.74, 6) is 0.989. The van der Waals surface area contributed by atoms with Crippen molar-refractivity contribution in [3.8, 4) is 6.07 Å². The molecule has 0 atom stereocenters. The highest BCUT2D eigenvalue weighted by Gasteiger charge is 2.21. The maximum Gasteiger partial charge on any atom is 0.0865 e. The van der Waals surface area contributed by atoms with E-state index in [0.717, 1.165) is 25.4 Å². The monoisotopic (exact) mass is 166 g/mol. The summed E-state index contributed by atoms with van der Waals surface area (Å²) < 4.78 is 0. The lowest BCUT2D eigenvalue weighted by Gasteiger charge is -2.17. The predicted octanol–water partition coefficient (Wildman–Crippen LogP) is 2.02. The average Bonchev–Trinajstić information content (AvgIpc) is 2.84. The van der Waals surface area contributed by atoms with Gasteiger partial charge in [0.1, 0.15) is 0 Å². The molecule has 2 heteroatoms. The van der Waals surface area contributed by atoms with Crippen molar-refractivity contribution in [2.45, 2.75) is 32.6 Å². The van der Waals surface area contributed by atoms with Gasteiger partial charge in [-0.2, -0.15) is 5.26 Å². The Morgan fingerprint density at radius 3 is 2.67 bits per heavy atom. The van der Waals surface area contributed by atoms with Crippen LogP contribution in [0.4, 0.5) is 0 Å². The Morgan fingerprint density at radius 1 is 1.42 bits per heavy atom. The SMILES string of the molecule is CCCN(CC#N)CCC1CC1. The second-order valence-corrected chi connectivity index (χ2v) is 3.67. The van der Waals surface area contributed by atoms with E-state index in [1.807, 2.05) is 0 Å². The molecule has 0 bridgehead atoms. The van der Waals surface area contributed by atoms with Crippen molar-refractivity contribution in [1.82, 2.24) is 4.90 Å². The number of rotatable bonds is 6. The molecule has 1 aliphatic carbocycles. The smallest absolute Gasteiger partial charge is 0.0865 e. The van der Waals surface area contributed by atoms with Crippen LogP contribution >= 0.6 is 0 Å². The topological polar surface area (TPSA) is 27.0 Å². The minimum absolute atomic E-state index is 0.612. The standard InChI is InChI=1S/C10H18N2/c1-2-7-12(9-6-11)8-5-10-3-4-10/h10H,2-5,7-9H2,1H3. The molecule has 0 spiro atoms. The molecular formula is C10H18N2. The fourth-order valence-electron chi connectivity index (χ4n) is 1.46. The first-order chi connectivity index (χ1) is 5.86. The molecular weight excluding hydrogens is 148 g/mol. The Bertz CT molecular complexity index is 156. The molecule has 0 heterocycles. The second kappa shape index (κ2) is 5.16. The van der Waals surface area contributed by atoms with Gasteiger partial charge >= 0.3 is 0 Å². The third-order valence-corrected chi connectivity index (χ3v) is 2.38. The van der Waals surface area contributed by atoms with Crippen LogP contribution in [0.15, 0.2) is 0 Å². The van der Waals surface area contributed by atoms with Gasteiger partial charge in [-0.05, 0) is 31.8 Å². The van der Waals surface area contributed by atoms with Crippen LogP contribution in [-0.2, 0) is 0 Å². The minimum Gasteiger partial charge on any atom is -0.291 e. The Hall–Kier alpha value is -0.550. The van der Waals surface area contributed by atoms with E-state index >= 15 is 0 Å². The van der Waals surface area contributed by atoms with Gasteiger partial charge in [0.05, 0.1) is 12.6 Å². The Balaban J connectivity index is 2.08. The third kappa shape index (κ3) is 3.73. The summed E-state index contributed by atoms with van der Waals surface area (Å²) >= 11 is 0. The van der Waals surface area contributed by atoms with Crippen LogP contribution < -0.4 is 0 Å². The summed E-state index contributed by atoms with van der Waals surface area (Å²) in [6.45, 7) is 4.99. The van der Waals surface area contributed by atoms with Crippen LogP contribution in [0.1, 0.15) is 32.6 Å². The highest BCUT2D eigenvalue weighted by molar-refractivity contribution is 4.79. The van der Waals surface area contributed by atoms with Crippen molar-refractivity contribution in [1.29, 1.82) is 5.26 Å². The van der Waals surface area contributed by atoms with Gasteiger partial charge < -0.3 is 0 Å². The fraction of sp³-hybridized carbons (Fsp3) is 0.900. The predicted molar refractivity (Wildman–Crippen MR) is 49.7 cm³/mol. The molecule has 2 nitrogen and oxygen atoms in total. The van der Waals surface area contributed by atoms with Crippen LogP contribution in [0.2, 0.25) is 0 Å². The lowest BCUT2D eigenvalue weighted by atomic mass is 10.2. The van der Waals surface area contributed by atoms with Crippen molar-refractivity contribution in [2.24, 2.45) is 5.92 Å². The van der Waals surface area contributed by atoms with Crippen LogP contribution in [0.3, 0.4) is 0 Å². The Kier molecular flexibility index (Phi) is 4.10. The minimum atomic E-state index is 0.612. The van der Waals surface area contributed by atoms with Crippen LogP contribution in [0.25, 0.3) is 0 Å². The number of nitriles is 1. The van der Waals surface area contributed by atoms with E-state index in [1.165, 1.54) is 19.3 Å². The lowest BCUT2D eigenvalue weighted by Crippen LogP contribution is -2.26. The molecule has 0 N–H and O–H groups in total.